The first-order valence-electron chi connectivity index (χ1n) is 7.45. The summed E-state index contributed by atoms with van der Waals surface area (Å²) >= 11 is 0. The standard InChI is InChI=1S/C18H17FN4O/c1-24-16-8-3-2-5-13(16)11-20-17-10-18(22-12-21-17)23-15-7-4-6-14(19)9-15/h2-10,12H,11H2,1H3,(H2,20,21,22,23). The maximum Gasteiger partial charge on any atom is 0.135 e. The van der Waals surface area contributed by atoms with Gasteiger partial charge in [0.2, 0.25) is 0 Å². The molecule has 0 saturated heterocycles. The van der Waals surface area contributed by atoms with Gasteiger partial charge < -0.3 is 15.4 Å². The number of nitrogens with one attached hydrogen (secondary N) is 2. The van der Waals surface area contributed by atoms with Gasteiger partial charge in [0.15, 0.2) is 0 Å². The Labute approximate surface area is 139 Å². The van der Waals surface area contributed by atoms with E-state index in [2.05, 4.69) is 20.6 Å². The normalized spacial score (nSPS) is 10.2. The molecule has 0 atom stereocenters. The van der Waals surface area contributed by atoms with Gasteiger partial charge in [-0.25, -0.2) is 14.4 Å². The van der Waals surface area contributed by atoms with Crippen molar-refractivity contribution in [2.24, 2.45) is 0 Å². The van der Waals surface area contributed by atoms with E-state index >= 15 is 0 Å². The smallest absolute Gasteiger partial charge is 0.135 e. The second-order valence-corrected chi connectivity index (χ2v) is 5.09. The van der Waals surface area contributed by atoms with Crippen molar-refractivity contribution in [2.75, 3.05) is 17.7 Å². The number of methoxy groups -OCH3 is 1. The van der Waals surface area contributed by atoms with Gasteiger partial charge in [0, 0.05) is 23.9 Å². The molecule has 0 aliphatic rings. The van der Waals surface area contributed by atoms with Crippen LogP contribution in [0.3, 0.4) is 0 Å². The van der Waals surface area contributed by atoms with Crippen molar-refractivity contribution in [3.63, 3.8) is 0 Å². The fourth-order valence-electron chi connectivity index (χ4n) is 2.27. The summed E-state index contributed by atoms with van der Waals surface area (Å²) in [5, 5.41) is 6.28. The molecule has 0 fully saturated rings. The number of ether oxygens (including phenoxy) is 1. The van der Waals surface area contributed by atoms with Crippen LogP contribution in [0.5, 0.6) is 5.75 Å². The van der Waals surface area contributed by atoms with Gasteiger partial charge in [-0.05, 0) is 24.3 Å². The Hall–Kier alpha value is -3.15. The van der Waals surface area contributed by atoms with E-state index in [4.69, 9.17) is 4.74 Å². The Morgan fingerprint density at radius 3 is 2.67 bits per heavy atom. The molecule has 1 heterocycles. The van der Waals surface area contributed by atoms with E-state index in [0.717, 1.165) is 11.3 Å². The molecule has 6 heteroatoms. The molecule has 122 valence electrons. The van der Waals surface area contributed by atoms with Crippen LogP contribution in [-0.2, 0) is 6.54 Å². The lowest BCUT2D eigenvalue weighted by Gasteiger charge is -2.11. The number of aromatic nitrogens is 2. The van der Waals surface area contributed by atoms with Gasteiger partial charge >= 0.3 is 0 Å². The fraction of sp³-hybridized carbons (Fsp3) is 0.111. The molecule has 3 aromatic rings. The summed E-state index contributed by atoms with van der Waals surface area (Å²) in [7, 11) is 1.64. The van der Waals surface area contributed by atoms with Crippen molar-refractivity contribution in [1.82, 2.24) is 9.97 Å². The van der Waals surface area contributed by atoms with Crippen LogP contribution in [0.2, 0.25) is 0 Å². The van der Waals surface area contributed by atoms with Crippen LogP contribution in [0, 0.1) is 5.82 Å². The highest BCUT2D eigenvalue weighted by Crippen LogP contribution is 2.20. The van der Waals surface area contributed by atoms with Crippen LogP contribution in [0.4, 0.5) is 21.7 Å². The molecule has 5 nitrogen and oxygen atoms in total. The molecule has 0 aliphatic carbocycles. The number of benzene rings is 2. The van der Waals surface area contributed by atoms with Gasteiger partial charge in [0.05, 0.1) is 7.11 Å². The maximum atomic E-state index is 13.2. The Bertz CT molecular complexity index is 825. The zero-order valence-corrected chi connectivity index (χ0v) is 13.2. The van der Waals surface area contributed by atoms with E-state index in [0.29, 0.717) is 23.9 Å². The maximum absolute atomic E-state index is 13.2. The first-order chi connectivity index (χ1) is 11.7. The zero-order valence-electron chi connectivity index (χ0n) is 13.2. The van der Waals surface area contributed by atoms with Crippen LogP contribution in [0.25, 0.3) is 0 Å². The minimum atomic E-state index is -0.302. The molecule has 0 aliphatic heterocycles. The molecule has 2 aromatic carbocycles. The highest BCUT2D eigenvalue weighted by molar-refractivity contribution is 5.58. The molecule has 24 heavy (non-hydrogen) atoms. The third-order valence-electron chi connectivity index (χ3n) is 3.42. The molecule has 0 radical (unpaired) electrons. The summed E-state index contributed by atoms with van der Waals surface area (Å²) in [4.78, 5) is 8.34. The molecule has 0 unspecified atom stereocenters. The SMILES string of the molecule is COc1ccccc1CNc1cc(Nc2cccc(F)c2)ncn1. The van der Waals surface area contributed by atoms with Crippen molar-refractivity contribution >= 4 is 17.3 Å². The molecular weight excluding hydrogens is 307 g/mol. The number of anilines is 3. The summed E-state index contributed by atoms with van der Waals surface area (Å²) in [6, 6.07) is 15.7. The average molecular weight is 324 g/mol. The van der Waals surface area contributed by atoms with Gasteiger partial charge in [-0.3, -0.25) is 0 Å². The van der Waals surface area contributed by atoms with Gasteiger partial charge in [-0.1, -0.05) is 24.3 Å². The minimum absolute atomic E-state index is 0.302. The lowest BCUT2D eigenvalue weighted by Crippen LogP contribution is -2.04. The summed E-state index contributed by atoms with van der Waals surface area (Å²) in [6.07, 6.45) is 1.45. The van der Waals surface area contributed by atoms with Crippen molar-refractivity contribution in [1.29, 1.82) is 0 Å². The predicted molar refractivity (Wildman–Crippen MR) is 92.0 cm³/mol. The molecule has 3 rings (SSSR count). The lowest BCUT2D eigenvalue weighted by molar-refractivity contribution is 0.410. The Kier molecular flexibility index (Phi) is 4.86. The van der Waals surface area contributed by atoms with Crippen molar-refractivity contribution < 1.29 is 9.13 Å². The second kappa shape index (κ2) is 7.41. The van der Waals surface area contributed by atoms with Gasteiger partial charge in [-0.15, -0.1) is 0 Å². The lowest BCUT2D eigenvalue weighted by atomic mass is 10.2. The van der Waals surface area contributed by atoms with Gasteiger partial charge in [0.1, 0.15) is 29.5 Å². The first kappa shape index (κ1) is 15.7. The molecule has 0 spiro atoms. The zero-order chi connectivity index (χ0) is 16.8. The topological polar surface area (TPSA) is 59.1 Å². The van der Waals surface area contributed by atoms with Crippen molar-refractivity contribution in [3.8, 4) is 5.75 Å². The van der Waals surface area contributed by atoms with Crippen LogP contribution in [0.15, 0.2) is 60.9 Å². The third kappa shape index (κ3) is 3.98. The molecule has 0 bridgehead atoms. The van der Waals surface area contributed by atoms with E-state index in [1.165, 1.54) is 18.5 Å². The Balaban J connectivity index is 1.69. The van der Waals surface area contributed by atoms with E-state index in [1.807, 2.05) is 24.3 Å². The number of rotatable bonds is 6. The minimum Gasteiger partial charge on any atom is -0.496 e. The van der Waals surface area contributed by atoms with E-state index in [-0.39, 0.29) is 5.82 Å². The molecule has 0 amide bonds. The molecule has 0 saturated carbocycles. The largest absolute Gasteiger partial charge is 0.496 e. The Morgan fingerprint density at radius 1 is 1.00 bits per heavy atom. The summed E-state index contributed by atoms with van der Waals surface area (Å²) in [5.41, 5.74) is 1.66. The van der Waals surface area contributed by atoms with E-state index < -0.39 is 0 Å². The van der Waals surface area contributed by atoms with Crippen molar-refractivity contribution in [2.45, 2.75) is 6.54 Å². The summed E-state index contributed by atoms with van der Waals surface area (Å²) in [5.74, 6) is 1.76. The number of para-hydroxylation sites is 1. The van der Waals surface area contributed by atoms with Crippen LogP contribution in [0.1, 0.15) is 5.56 Å². The quantitative estimate of drug-likeness (QED) is 0.718. The van der Waals surface area contributed by atoms with E-state index in [1.54, 1.807) is 25.3 Å². The molecule has 1 aromatic heterocycles. The summed E-state index contributed by atoms with van der Waals surface area (Å²) < 4.78 is 18.6. The summed E-state index contributed by atoms with van der Waals surface area (Å²) in [6.45, 7) is 0.570. The van der Waals surface area contributed by atoms with Crippen LogP contribution >= 0.6 is 0 Å². The number of nitrogens with zero attached hydrogens (tertiary/aromatic N) is 2. The van der Waals surface area contributed by atoms with Gasteiger partial charge in [0.25, 0.3) is 0 Å². The highest BCUT2D eigenvalue weighted by atomic mass is 19.1. The molecule has 2 N–H and O–H groups in total. The van der Waals surface area contributed by atoms with Crippen LogP contribution in [-0.4, -0.2) is 17.1 Å². The second-order valence-electron chi connectivity index (χ2n) is 5.09. The number of hydrogen-bond acceptors (Lipinski definition) is 5. The average Bonchev–Trinajstić information content (AvgIpc) is 2.60. The van der Waals surface area contributed by atoms with E-state index in [9.17, 15) is 4.39 Å². The van der Waals surface area contributed by atoms with Gasteiger partial charge in [-0.2, -0.15) is 0 Å². The third-order valence-corrected chi connectivity index (χ3v) is 3.42. The monoisotopic (exact) mass is 324 g/mol. The fourth-order valence-corrected chi connectivity index (χ4v) is 2.27. The Morgan fingerprint density at radius 2 is 1.83 bits per heavy atom. The predicted octanol–water partition coefficient (Wildman–Crippen LogP) is 3.98. The van der Waals surface area contributed by atoms with Crippen LogP contribution < -0.4 is 15.4 Å². The molecular formula is C18H17FN4O. The number of hydrogen-bond donors (Lipinski definition) is 2. The highest BCUT2D eigenvalue weighted by Gasteiger charge is 2.04. The first-order valence-corrected chi connectivity index (χ1v) is 7.45. The number of halogens is 1. The van der Waals surface area contributed by atoms with Crippen molar-refractivity contribution in [3.05, 3.63) is 72.3 Å².